The Bertz CT molecular complexity index is 400. The van der Waals surface area contributed by atoms with Crippen LogP contribution in [0.25, 0.3) is 0 Å². The quantitative estimate of drug-likeness (QED) is 0.778. The van der Waals surface area contributed by atoms with E-state index in [1.807, 2.05) is 0 Å². The summed E-state index contributed by atoms with van der Waals surface area (Å²) in [7, 11) is 0. The number of nitrogens with zero attached hydrogens (tertiary/aromatic N) is 1. The summed E-state index contributed by atoms with van der Waals surface area (Å²) in [6.07, 6.45) is 2.10. The highest BCUT2D eigenvalue weighted by molar-refractivity contribution is 5.90. The second-order valence-corrected chi connectivity index (χ2v) is 4.04. The number of nitrogens with one attached hydrogen (secondary N) is 1. The predicted octanol–water partition coefficient (Wildman–Crippen LogP) is 2.76. The van der Waals surface area contributed by atoms with Crippen LogP contribution in [0.2, 0.25) is 0 Å². The molecule has 3 nitrogen and oxygen atoms in total. The maximum absolute atomic E-state index is 13.2. The van der Waals surface area contributed by atoms with E-state index in [4.69, 9.17) is 0 Å². The number of carbonyl (C=O) groups excluding carboxylic acids is 1. The number of amides is 2. The lowest BCUT2D eigenvalue weighted by Crippen LogP contribution is -2.32. The summed E-state index contributed by atoms with van der Waals surface area (Å²) < 4.78 is 13.2. The van der Waals surface area contributed by atoms with Gasteiger partial charge in [0.15, 0.2) is 0 Å². The van der Waals surface area contributed by atoms with Gasteiger partial charge in [0.25, 0.3) is 0 Å². The summed E-state index contributed by atoms with van der Waals surface area (Å²) >= 11 is 0. The third-order valence-electron chi connectivity index (χ3n) is 2.90. The minimum Gasteiger partial charge on any atom is -0.325 e. The van der Waals surface area contributed by atoms with E-state index in [0.717, 1.165) is 25.9 Å². The molecule has 0 aromatic heterocycles. The molecule has 0 spiro atoms. The van der Waals surface area contributed by atoms with Crippen LogP contribution in [0.3, 0.4) is 0 Å². The molecule has 16 heavy (non-hydrogen) atoms. The first kappa shape index (κ1) is 10.9. The summed E-state index contributed by atoms with van der Waals surface area (Å²) in [6.45, 7) is 3.25. The Kier molecular flexibility index (Phi) is 3.08. The number of hydrogen-bond donors (Lipinski definition) is 1. The van der Waals surface area contributed by atoms with Gasteiger partial charge in [-0.3, -0.25) is 0 Å². The van der Waals surface area contributed by atoms with Gasteiger partial charge in [-0.1, -0.05) is 6.07 Å². The van der Waals surface area contributed by atoms with Crippen molar-refractivity contribution in [2.45, 2.75) is 19.8 Å². The van der Waals surface area contributed by atoms with E-state index in [2.05, 4.69) is 5.32 Å². The van der Waals surface area contributed by atoms with Crippen molar-refractivity contribution in [3.05, 3.63) is 29.6 Å². The van der Waals surface area contributed by atoms with Gasteiger partial charge < -0.3 is 10.2 Å². The van der Waals surface area contributed by atoms with Crippen LogP contribution in [0.4, 0.5) is 14.9 Å². The highest BCUT2D eigenvalue weighted by atomic mass is 19.1. The van der Waals surface area contributed by atoms with E-state index in [1.165, 1.54) is 6.07 Å². The predicted molar refractivity (Wildman–Crippen MR) is 61.0 cm³/mol. The van der Waals surface area contributed by atoms with E-state index in [0.29, 0.717) is 11.3 Å². The zero-order valence-corrected chi connectivity index (χ0v) is 9.29. The van der Waals surface area contributed by atoms with Crippen LogP contribution in [0.1, 0.15) is 18.4 Å². The van der Waals surface area contributed by atoms with Crippen LogP contribution in [0, 0.1) is 12.7 Å². The van der Waals surface area contributed by atoms with Crippen LogP contribution in [0.15, 0.2) is 18.2 Å². The second-order valence-electron chi connectivity index (χ2n) is 4.04. The standard InChI is InChI=1S/C12H15FN2O/c1-9-10(13)5-4-6-11(9)14-12(16)15-7-2-3-8-15/h4-6H,2-3,7-8H2,1H3,(H,14,16). The van der Waals surface area contributed by atoms with Crippen LogP contribution in [0.5, 0.6) is 0 Å². The molecule has 0 atom stereocenters. The number of likely N-dealkylation sites (tertiary alicyclic amines) is 1. The maximum atomic E-state index is 13.2. The lowest BCUT2D eigenvalue weighted by Gasteiger charge is -2.17. The van der Waals surface area contributed by atoms with E-state index >= 15 is 0 Å². The molecule has 86 valence electrons. The molecule has 2 rings (SSSR count). The molecule has 1 aliphatic rings. The fourth-order valence-electron chi connectivity index (χ4n) is 1.86. The lowest BCUT2D eigenvalue weighted by molar-refractivity contribution is 0.222. The van der Waals surface area contributed by atoms with E-state index in [9.17, 15) is 9.18 Å². The van der Waals surface area contributed by atoms with Gasteiger partial charge >= 0.3 is 6.03 Å². The van der Waals surface area contributed by atoms with Crippen LogP contribution in [-0.4, -0.2) is 24.0 Å². The number of hydrogen-bond acceptors (Lipinski definition) is 1. The first-order valence-electron chi connectivity index (χ1n) is 5.49. The molecular formula is C12H15FN2O. The zero-order valence-electron chi connectivity index (χ0n) is 9.29. The van der Waals surface area contributed by atoms with Crippen LogP contribution in [-0.2, 0) is 0 Å². The topological polar surface area (TPSA) is 32.3 Å². The van der Waals surface area contributed by atoms with Crippen molar-refractivity contribution in [3.8, 4) is 0 Å². The van der Waals surface area contributed by atoms with Crippen molar-refractivity contribution in [1.82, 2.24) is 4.90 Å². The molecule has 0 radical (unpaired) electrons. The molecule has 0 bridgehead atoms. The molecule has 1 heterocycles. The summed E-state index contributed by atoms with van der Waals surface area (Å²) in [5, 5.41) is 2.74. The maximum Gasteiger partial charge on any atom is 0.321 e. The molecule has 1 N–H and O–H groups in total. The van der Waals surface area contributed by atoms with Gasteiger partial charge in [-0.05, 0) is 31.9 Å². The van der Waals surface area contributed by atoms with Gasteiger partial charge in [0, 0.05) is 24.3 Å². The first-order valence-corrected chi connectivity index (χ1v) is 5.49. The minimum atomic E-state index is -0.292. The van der Waals surface area contributed by atoms with Gasteiger partial charge in [0.1, 0.15) is 5.82 Å². The fourth-order valence-corrected chi connectivity index (χ4v) is 1.86. The van der Waals surface area contributed by atoms with Gasteiger partial charge in [0.05, 0.1) is 0 Å². The minimum absolute atomic E-state index is 0.133. The van der Waals surface area contributed by atoms with Gasteiger partial charge in [-0.25, -0.2) is 9.18 Å². The van der Waals surface area contributed by atoms with Crippen LogP contribution < -0.4 is 5.32 Å². The SMILES string of the molecule is Cc1c(F)cccc1NC(=O)N1CCCC1. The number of carbonyl (C=O) groups is 1. The average Bonchev–Trinajstić information content (AvgIpc) is 2.78. The number of rotatable bonds is 1. The van der Waals surface area contributed by atoms with Crippen molar-refractivity contribution >= 4 is 11.7 Å². The number of halogens is 1. The second kappa shape index (κ2) is 4.51. The largest absolute Gasteiger partial charge is 0.325 e. The Morgan fingerprint density at radius 1 is 1.38 bits per heavy atom. The highest BCUT2D eigenvalue weighted by Gasteiger charge is 2.18. The van der Waals surface area contributed by atoms with E-state index < -0.39 is 0 Å². The lowest BCUT2D eigenvalue weighted by atomic mass is 10.2. The monoisotopic (exact) mass is 222 g/mol. The molecular weight excluding hydrogens is 207 g/mol. The molecule has 0 unspecified atom stereocenters. The molecule has 0 saturated carbocycles. The molecule has 0 aliphatic carbocycles. The molecule has 1 aliphatic heterocycles. The molecule has 1 fully saturated rings. The molecule has 1 aromatic carbocycles. The van der Waals surface area contributed by atoms with Gasteiger partial charge in [-0.2, -0.15) is 0 Å². The molecule has 2 amide bonds. The highest BCUT2D eigenvalue weighted by Crippen LogP contribution is 2.18. The Morgan fingerprint density at radius 3 is 2.75 bits per heavy atom. The Hall–Kier alpha value is -1.58. The van der Waals surface area contributed by atoms with E-state index in [-0.39, 0.29) is 11.8 Å². The Labute approximate surface area is 94.3 Å². The van der Waals surface area contributed by atoms with Crippen molar-refractivity contribution in [1.29, 1.82) is 0 Å². The average molecular weight is 222 g/mol. The van der Waals surface area contributed by atoms with Crippen molar-refractivity contribution in [3.63, 3.8) is 0 Å². The molecule has 1 saturated heterocycles. The van der Waals surface area contributed by atoms with Crippen molar-refractivity contribution < 1.29 is 9.18 Å². The number of urea groups is 1. The Morgan fingerprint density at radius 2 is 2.06 bits per heavy atom. The molecule has 4 heteroatoms. The summed E-state index contributed by atoms with van der Waals surface area (Å²) in [5.41, 5.74) is 1.03. The smallest absolute Gasteiger partial charge is 0.321 e. The van der Waals surface area contributed by atoms with Gasteiger partial charge in [-0.15, -0.1) is 0 Å². The van der Waals surface area contributed by atoms with Crippen molar-refractivity contribution in [2.24, 2.45) is 0 Å². The normalized spacial score (nSPS) is 15.2. The van der Waals surface area contributed by atoms with Gasteiger partial charge in [0.2, 0.25) is 0 Å². The third kappa shape index (κ3) is 2.15. The first-order chi connectivity index (χ1) is 7.68. The zero-order chi connectivity index (χ0) is 11.5. The summed E-state index contributed by atoms with van der Waals surface area (Å²) in [5.74, 6) is -0.292. The van der Waals surface area contributed by atoms with Crippen LogP contribution >= 0.6 is 0 Å². The summed E-state index contributed by atoms with van der Waals surface area (Å²) in [6, 6.07) is 4.57. The number of benzene rings is 1. The molecule has 1 aromatic rings. The van der Waals surface area contributed by atoms with E-state index in [1.54, 1.807) is 24.0 Å². The third-order valence-corrected chi connectivity index (χ3v) is 2.90. The number of anilines is 1. The fraction of sp³-hybridized carbons (Fsp3) is 0.417. The Balaban J connectivity index is 2.08. The van der Waals surface area contributed by atoms with Crippen molar-refractivity contribution in [2.75, 3.05) is 18.4 Å². The summed E-state index contributed by atoms with van der Waals surface area (Å²) in [4.78, 5) is 13.5.